The summed E-state index contributed by atoms with van der Waals surface area (Å²) < 4.78 is 15.9. The molecule has 8 heteroatoms. The second kappa shape index (κ2) is 6.11. The van der Waals surface area contributed by atoms with Crippen LogP contribution in [0.5, 0.6) is 0 Å². The molecule has 1 fully saturated rings. The van der Waals surface area contributed by atoms with Crippen LogP contribution in [0.4, 0.5) is 10.2 Å². The summed E-state index contributed by atoms with van der Waals surface area (Å²) in [5.41, 5.74) is 6.94. The van der Waals surface area contributed by atoms with Crippen LogP contribution in [0.25, 0.3) is 16.9 Å². The van der Waals surface area contributed by atoms with Gasteiger partial charge in [-0.05, 0) is 31.5 Å². The largest absolute Gasteiger partial charge is 0.381 e. The van der Waals surface area contributed by atoms with Gasteiger partial charge in [-0.2, -0.15) is 10.4 Å². The van der Waals surface area contributed by atoms with Crippen molar-refractivity contribution in [2.75, 3.05) is 12.3 Å². The lowest BCUT2D eigenvalue weighted by molar-refractivity contribution is 0.585. The van der Waals surface area contributed by atoms with Gasteiger partial charge in [0.2, 0.25) is 0 Å². The minimum absolute atomic E-state index is 0.0374. The maximum atomic E-state index is 14.4. The number of nitrogen functional groups attached to an aromatic ring is 1. The van der Waals surface area contributed by atoms with Gasteiger partial charge < -0.3 is 11.1 Å². The number of fused-ring (bicyclic) bond motifs is 1. The summed E-state index contributed by atoms with van der Waals surface area (Å²) in [4.78, 5) is 8.69. The second-order valence-corrected chi connectivity index (χ2v) is 6.08. The predicted molar refractivity (Wildman–Crippen MR) is 90.0 cm³/mol. The summed E-state index contributed by atoms with van der Waals surface area (Å²) in [6, 6.07) is 6.78. The Morgan fingerprint density at radius 2 is 2.28 bits per heavy atom. The van der Waals surface area contributed by atoms with Crippen molar-refractivity contribution in [2.24, 2.45) is 0 Å². The number of nitriles is 1. The molecular formula is C17H16FN7. The van der Waals surface area contributed by atoms with E-state index in [0.29, 0.717) is 29.6 Å². The lowest BCUT2D eigenvalue weighted by Gasteiger charge is -2.05. The molecule has 0 spiro atoms. The Hall–Kier alpha value is -3.05. The fraction of sp³-hybridized carbons (Fsp3) is 0.294. The van der Waals surface area contributed by atoms with Gasteiger partial charge in [-0.1, -0.05) is 6.07 Å². The summed E-state index contributed by atoms with van der Waals surface area (Å²) >= 11 is 0. The van der Waals surface area contributed by atoms with Crippen molar-refractivity contribution >= 4 is 11.5 Å². The highest BCUT2D eigenvalue weighted by atomic mass is 19.1. The van der Waals surface area contributed by atoms with Crippen molar-refractivity contribution in [3.63, 3.8) is 0 Å². The average molecular weight is 337 g/mol. The van der Waals surface area contributed by atoms with Crippen molar-refractivity contribution in [1.29, 1.82) is 5.26 Å². The smallest absolute Gasteiger partial charge is 0.198 e. The summed E-state index contributed by atoms with van der Waals surface area (Å²) in [6.07, 6.45) is 4.56. The Bertz CT molecular complexity index is 983. The molecular weight excluding hydrogens is 321 g/mol. The predicted octanol–water partition coefficient (Wildman–Crippen LogP) is 1.68. The van der Waals surface area contributed by atoms with Crippen LogP contribution in [-0.4, -0.2) is 32.2 Å². The standard InChI is InChI=1S/C17H16FN7/c18-15-10(8-19)3-1-5-12(15)13-9-25-17(16(20)22-13)23-14(24-25)7-11-4-2-6-21-11/h1,3,5,9,11,21H,2,4,6-7H2,(H2,20,22). The molecule has 3 aromatic rings. The van der Waals surface area contributed by atoms with E-state index in [1.54, 1.807) is 18.3 Å². The number of hydrogen-bond acceptors (Lipinski definition) is 6. The monoisotopic (exact) mass is 337 g/mol. The van der Waals surface area contributed by atoms with E-state index in [2.05, 4.69) is 20.4 Å². The first kappa shape index (κ1) is 15.5. The Morgan fingerprint density at radius 3 is 3.04 bits per heavy atom. The molecule has 0 bridgehead atoms. The van der Waals surface area contributed by atoms with Crippen LogP contribution in [0, 0.1) is 17.1 Å². The molecule has 1 atom stereocenters. The second-order valence-electron chi connectivity index (χ2n) is 6.08. The molecule has 2 aromatic heterocycles. The first-order valence-corrected chi connectivity index (χ1v) is 8.10. The van der Waals surface area contributed by atoms with E-state index in [1.807, 2.05) is 6.07 Å². The molecule has 0 aliphatic carbocycles. The van der Waals surface area contributed by atoms with Gasteiger partial charge >= 0.3 is 0 Å². The number of halogens is 1. The normalized spacial score (nSPS) is 17.0. The van der Waals surface area contributed by atoms with E-state index in [1.165, 1.54) is 10.6 Å². The Labute approximate surface area is 143 Å². The number of rotatable bonds is 3. The lowest BCUT2D eigenvalue weighted by Crippen LogP contribution is -2.24. The van der Waals surface area contributed by atoms with Crippen LogP contribution in [-0.2, 0) is 6.42 Å². The van der Waals surface area contributed by atoms with Crippen LogP contribution < -0.4 is 11.1 Å². The third-order valence-electron chi connectivity index (χ3n) is 4.38. The van der Waals surface area contributed by atoms with E-state index < -0.39 is 5.82 Å². The molecule has 0 saturated carbocycles. The summed E-state index contributed by atoms with van der Waals surface area (Å²) in [7, 11) is 0. The molecule has 1 aliphatic heterocycles. The van der Waals surface area contributed by atoms with Crippen LogP contribution in [0.2, 0.25) is 0 Å². The highest BCUT2D eigenvalue weighted by molar-refractivity contribution is 5.68. The molecule has 126 valence electrons. The summed E-state index contributed by atoms with van der Waals surface area (Å²) in [5, 5.41) is 16.8. The fourth-order valence-electron chi connectivity index (χ4n) is 3.14. The first-order valence-electron chi connectivity index (χ1n) is 8.10. The lowest BCUT2D eigenvalue weighted by atomic mass is 10.1. The number of anilines is 1. The zero-order chi connectivity index (χ0) is 17.4. The van der Waals surface area contributed by atoms with Gasteiger partial charge in [0.15, 0.2) is 17.3 Å². The molecule has 0 amide bonds. The molecule has 1 unspecified atom stereocenters. The van der Waals surface area contributed by atoms with Gasteiger partial charge in [0.1, 0.15) is 11.9 Å². The van der Waals surface area contributed by atoms with E-state index >= 15 is 0 Å². The van der Waals surface area contributed by atoms with Gasteiger partial charge in [0.05, 0.1) is 17.5 Å². The molecule has 1 aliphatic rings. The van der Waals surface area contributed by atoms with E-state index in [9.17, 15) is 4.39 Å². The molecule has 1 aromatic carbocycles. The maximum absolute atomic E-state index is 14.4. The Balaban J connectivity index is 1.75. The third kappa shape index (κ3) is 2.79. The molecule has 4 rings (SSSR count). The van der Waals surface area contributed by atoms with Crippen molar-refractivity contribution in [2.45, 2.75) is 25.3 Å². The Kier molecular flexibility index (Phi) is 3.78. The number of nitrogens with zero attached hydrogens (tertiary/aromatic N) is 5. The number of aromatic nitrogens is 4. The SMILES string of the molecule is N#Cc1cccc(-c2cn3nc(CC4CCCN4)nc3c(N)n2)c1F. The molecule has 3 N–H and O–H groups in total. The molecule has 25 heavy (non-hydrogen) atoms. The Morgan fingerprint density at radius 1 is 1.40 bits per heavy atom. The van der Waals surface area contributed by atoms with E-state index in [-0.39, 0.29) is 16.9 Å². The van der Waals surface area contributed by atoms with Crippen LogP contribution in [0.1, 0.15) is 24.2 Å². The highest BCUT2D eigenvalue weighted by Crippen LogP contribution is 2.25. The van der Waals surface area contributed by atoms with Gasteiger partial charge in [-0.25, -0.2) is 18.9 Å². The van der Waals surface area contributed by atoms with Crippen molar-refractivity contribution in [3.05, 3.63) is 41.6 Å². The number of hydrogen-bond donors (Lipinski definition) is 2. The number of nitrogens with two attached hydrogens (primary N) is 1. The molecule has 0 radical (unpaired) electrons. The van der Waals surface area contributed by atoms with Crippen LogP contribution >= 0.6 is 0 Å². The van der Waals surface area contributed by atoms with Crippen molar-refractivity contribution in [1.82, 2.24) is 24.9 Å². The quantitative estimate of drug-likeness (QED) is 0.753. The highest BCUT2D eigenvalue weighted by Gasteiger charge is 2.19. The molecule has 1 saturated heterocycles. The minimum atomic E-state index is -0.619. The molecule has 7 nitrogen and oxygen atoms in total. The first-order chi connectivity index (χ1) is 12.2. The number of benzene rings is 1. The molecule has 3 heterocycles. The third-order valence-corrected chi connectivity index (χ3v) is 4.38. The van der Waals surface area contributed by atoms with Gasteiger partial charge in [0.25, 0.3) is 0 Å². The minimum Gasteiger partial charge on any atom is -0.381 e. The van der Waals surface area contributed by atoms with E-state index in [0.717, 1.165) is 19.4 Å². The number of nitrogens with one attached hydrogen (secondary N) is 1. The van der Waals surface area contributed by atoms with Gasteiger partial charge in [0, 0.05) is 18.0 Å². The zero-order valence-electron chi connectivity index (χ0n) is 13.4. The van der Waals surface area contributed by atoms with Crippen LogP contribution in [0.15, 0.2) is 24.4 Å². The summed E-state index contributed by atoms with van der Waals surface area (Å²) in [5.74, 6) is 0.237. The van der Waals surface area contributed by atoms with E-state index in [4.69, 9.17) is 11.0 Å². The fourth-order valence-corrected chi connectivity index (χ4v) is 3.14. The van der Waals surface area contributed by atoms with Gasteiger partial charge in [-0.15, -0.1) is 0 Å². The zero-order valence-corrected chi connectivity index (χ0v) is 13.4. The summed E-state index contributed by atoms with van der Waals surface area (Å²) in [6.45, 7) is 1.01. The van der Waals surface area contributed by atoms with Crippen molar-refractivity contribution in [3.8, 4) is 17.3 Å². The topological polar surface area (TPSA) is 105 Å². The average Bonchev–Trinajstić information content (AvgIpc) is 3.25. The van der Waals surface area contributed by atoms with Crippen molar-refractivity contribution < 1.29 is 4.39 Å². The maximum Gasteiger partial charge on any atom is 0.198 e. The van der Waals surface area contributed by atoms with Gasteiger partial charge in [-0.3, -0.25) is 0 Å². The van der Waals surface area contributed by atoms with Crippen LogP contribution in [0.3, 0.4) is 0 Å².